The lowest BCUT2D eigenvalue weighted by Crippen LogP contribution is -2.15. The first kappa shape index (κ1) is 20.1. The second-order valence-corrected chi connectivity index (χ2v) is 6.57. The average molecular weight is 388 g/mol. The summed E-state index contributed by atoms with van der Waals surface area (Å²) in [5.41, 5.74) is 3.72. The summed E-state index contributed by atoms with van der Waals surface area (Å²) in [4.78, 5) is 23.9. The highest BCUT2D eigenvalue weighted by Gasteiger charge is 2.08. The smallest absolute Gasteiger partial charge is 0.306 e. The van der Waals surface area contributed by atoms with E-state index in [1.54, 1.807) is 0 Å². The maximum absolute atomic E-state index is 12.1. The Bertz CT molecular complexity index is 910. The van der Waals surface area contributed by atoms with Crippen LogP contribution in [0.25, 0.3) is 0 Å². The van der Waals surface area contributed by atoms with Crippen molar-refractivity contribution in [2.24, 2.45) is 0 Å². The monoisotopic (exact) mass is 388 g/mol. The number of rotatable bonds is 9. The molecule has 0 aliphatic heterocycles. The van der Waals surface area contributed by atoms with Crippen molar-refractivity contribution in [2.75, 3.05) is 17.2 Å². The molecular weight excluding hydrogens is 364 g/mol. The first-order chi connectivity index (χ1) is 14.2. The molecule has 5 heteroatoms. The molecule has 3 rings (SSSR count). The summed E-state index contributed by atoms with van der Waals surface area (Å²) < 4.78 is 5.19. The first-order valence-corrected chi connectivity index (χ1v) is 9.60. The fourth-order valence-electron chi connectivity index (χ4n) is 2.76. The molecule has 0 atom stereocenters. The van der Waals surface area contributed by atoms with Crippen LogP contribution in [0.1, 0.15) is 18.4 Å². The summed E-state index contributed by atoms with van der Waals surface area (Å²) in [6.45, 7) is 0.320. The van der Waals surface area contributed by atoms with E-state index in [-0.39, 0.29) is 24.7 Å². The summed E-state index contributed by atoms with van der Waals surface area (Å²) in [6, 6.07) is 27.1. The molecule has 0 bridgehead atoms. The minimum Gasteiger partial charge on any atom is -0.465 e. The molecule has 2 N–H and O–H groups in total. The number of ether oxygens (including phenoxy) is 1. The van der Waals surface area contributed by atoms with Crippen LogP contribution in [0.5, 0.6) is 0 Å². The summed E-state index contributed by atoms with van der Waals surface area (Å²) in [5.74, 6) is -0.577. The molecule has 1 amide bonds. The second kappa shape index (κ2) is 10.7. The molecule has 0 spiro atoms. The highest BCUT2D eigenvalue weighted by Crippen LogP contribution is 2.18. The molecule has 3 aromatic carbocycles. The number of hydrogen-bond acceptors (Lipinski definition) is 4. The Morgan fingerprint density at radius 1 is 0.690 bits per heavy atom. The highest BCUT2D eigenvalue weighted by molar-refractivity contribution is 5.92. The third kappa shape index (κ3) is 7.14. The van der Waals surface area contributed by atoms with Crippen molar-refractivity contribution in [1.82, 2.24) is 0 Å². The number of para-hydroxylation sites is 1. The van der Waals surface area contributed by atoms with E-state index in [1.165, 1.54) is 0 Å². The summed E-state index contributed by atoms with van der Waals surface area (Å²) in [6.07, 6.45) is 0.824. The van der Waals surface area contributed by atoms with E-state index in [0.717, 1.165) is 16.9 Å². The highest BCUT2D eigenvalue weighted by atomic mass is 16.5. The van der Waals surface area contributed by atoms with Gasteiger partial charge in [-0.1, -0.05) is 48.5 Å². The first-order valence-electron chi connectivity index (χ1n) is 9.60. The normalized spacial score (nSPS) is 10.2. The van der Waals surface area contributed by atoms with Gasteiger partial charge in [-0.25, -0.2) is 0 Å². The predicted molar refractivity (Wildman–Crippen MR) is 115 cm³/mol. The zero-order valence-electron chi connectivity index (χ0n) is 16.1. The lowest BCUT2D eigenvalue weighted by atomic mass is 10.2. The Balaban J connectivity index is 1.36. The average Bonchev–Trinajstić information content (AvgIpc) is 2.75. The van der Waals surface area contributed by atoms with Gasteiger partial charge in [0.15, 0.2) is 0 Å². The molecule has 0 radical (unpaired) electrons. The number of nitrogens with one attached hydrogen (secondary N) is 2. The third-order valence-corrected chi connectivity index (χ3v) is 4.28. The molecule has 148 valence electrons. The van der Waals surface area contributed by atoms with Crippen LogP contribution in [-0.4, -0.2) is 18.5 Å². The molecule has 0 aliphatic carbocycles. The third-order valence-electron chi connectivity index (χ3n) is 4.28. The Morgan fingerprint density at radius 2 is 1.28 bits per heavy atom. The molecule has 3 aromatic rings. The van der Waals surface area contributed by atoms with Crippen LogP contribution in [-0.2, 0) is 20.7 Å². The van der Waals surface area contributed by atoms with Gasteiger partial charge in [-0.05, 0) is 42.0 Å². The SMILES string of the molecule is O=C(CCC(=O)OCCc1ccccc1)Nc1ccc(Nc2ccccc2)cc1. The number of hydrogen-bond donors (Lipinski definition) is 2. The minimum atomic E-state index is -0.363. The Morgan fingerprint density at radius 3 is 1.97 bits per heavy atom. The molecule has 0 aromatic heterocycles. The van der Waals surface area contributed by atoms with Gasteiger partial charge in [0.25, 0.3) is 0 Å². The van der Waals surface area contributed by atoms with Crippen LogP contribution >= 0.6 is 0 Å². The molecular formula is C24H24N2O3. The van der Waals surface area contributed by atoms with Gasteiger partial charge in [-0.2, -0.15) is 0 Å². The van der Waals surface area contributed by atoms with Gasteiger partial charge < -0.3 is 15.4 Å². The molecule has 0 aliphatic rings. The number of carbonyl (C=O) groups excluding carboxylic acids is 2. The van der Waals surface area contributed by atoms with Crippen molar-refractivity contribution in [1.29, 1.82) is 0 Å². The largest absolute Gasteiger partial charge is 0.465 e. The van der Waals surface area contributed by atoms with Gasteiger partial charge in [0, 0.05) is 29.9 Å². The van der Waals surface area contributed by atoms with Gasteiger partial charge in [0.2, 0.25) is 5.91 Å². The van der Waals surface area contributed by atoms with Crippen LogP contribution in [0.4, 0.5) is 17.1 Å². The van der Waals surface area contributed by atoms with Crippen molar-refractivity contribution in [3.8, 4) is 0 Å². The van der Waals surface area contributed by atoms with E-state index in [1.807, 2.05) is 84.9 Å². The molecule has 5 nitrogen and oxygen atoms in total. The summed E-state index contributed by atoms with van der Waals surface area (Å²) in [5, 5.41) is 6.08. The van der Waals surface area contributed by atoms with E-state index in [0.29, 0.717) is 18.7 Å². The fourth-order valence-corrected chi connectivity index (χ4v) is 2.76. The molecule has 0 unspecified atom stereocenters. The van der Waals surface area contributed by atoms with Crippen molar-refractivity contribution < 1.29 is 14.3 Å². The second-order valence-electron chi connectivity index (χ2n) is 6.57. The van der Waals surface area contributed by atoms with Crippen molar-refractivity contribution in [3.63, 3.8) is 0 Å². The zero-order chi connectivity index (χ0) is 20.3. The summed E-state index contributed by atoms with van der Waals surface area (Å²) in [7, 11) is 0. The maximum Gasteiger partial charge on any atom is 0.306 e. The fraction of sp³-hybridized carbons (Fsp3) is 0.167. The van der Waals surface area contributed by atoms with Crippen molar-refractivity contribution in [3.05, 3.63) is 90.5 Å². The maximum atomic E-state index is 12.1. The van der Waals surface area contributed by atoms with E-state index in [2.05, 4.69) is 10.6 Å². The Labute approximate surface area is 170 Å². The Kier molecular flexibility index (Phi) is 7.41. The standard InChI is InChI=1S/C24H24N2O3/c27-23(15-16-24(28)29-18-17-19-7-3-1-4-8-19)26-22-13-11-21(12-14-22)25-20-9-5-2-6-10-20/h1-14,25H,15-18H2,(H,26,27). The number of esters is 1. The lowest BCUT2D eigenvalue weighted by Gasteiger charge is -2.09. The molecule has 0 fully saturated rings. The van der Waals surface area contributed by atoms with E-state index < -0.39 is 0 Å². The van der Waals surface area contributed by atoms with Crippen LogP contribution in [0.2, 0.25) is 0 Å². The minimum absolute atomic E-state index is 0.0638. The molecule has 0 saturated heterocycles. The molecule has 0 heterocycles. The predicted octanol–water partition coefficient (Wildman–Crippen LogP) is 4.93. The van der Waals surface area contributed by atoms with E-state index in [9.17, 15) is 9.59 Å². The van der Waals surface area contributed by atoms with Crippen LogP contribution in [0, 0.1) is 0 Å². The zero-order valence-corrected chi connectivity index (χ0v) is 16.1. The Hall–Kier alpha value is -3.60. The van der Waals surface area contributed by atoms with Crippen molar-refractivity contribution in [2.45, 2.75) is 19.3 Å². The van der Waals surface area contributed by atoms with Crippen LogP contribution in [0.15, 0.2) is 84.9 Å². The van der Waals surface area contributed by atoms with Crippen LogP contribution < -0.4 is 10.6 Å². The van der Waals surface area contributed by atoms with Gasteiger partial charge in [0.1, 0.15) is 0 Å². The van der Waals surface area contributed by atoms with Gasteiger partial charge in [-0.3, -0.25) is 9.59 Å². The van der Waals surface area contributed by atoms with E-state index >= 15 is 0 Å². The van der Waals surface area contributed by atoms with E-state index in [4.69, 9.17) is 4.74 Å². The lowest BCUT2D eigenvalue weighted by molar-refractivity contribution is -0.144. The summed E-state index contributed by atoms with van der Waals surface area (Å²) >= 11 is 0. The molecule has 0 saturated carbocycles. The quantitative estimate of drug-likeness (QED) is 0.510. The number of anilines is 3. The number of benzene rings is 3. The topological polar surface area (TPSA) is 67.4 Å². The van der Waals surface area contributed by atoms with Crippen LogP contribution in [0.3, 0.4) is 0 Å². The van der Waals surface area contributed by atoms with Crippen molar-refractivity contribution >= 4 is 28.9 Å². The van der Waals surface area contributed by atoms with Gasteiger partial charge in [-0.15, -0.1) is 0 Å². The van der Waals surface area contributed by atoms with Gasteiger partial charge in [0.05, 0.1) is 13.0 Å². The number of carbonyl (C=O) groups is 2. The van der Waals surface area contributed by atoms with Gasteiger partial charge >= 0.3 is 5.97 Å². The molecule has 29 heavy (non-hydrogen) atoms. The number of amides is 1.